The number of rotatable bonds is 5. The molecule has 6 rings (SSSR count). The number of nitriles is 1. The van der Waals surface area contributed by atoms with Crippen molar-refractivity contribution in [2.24, 2.45) is 5.41 Å². The molecule has 2 atom stereocenters. The molecule has 0 radical (unpaired) electrons. The van der Waals surface area contributed by atoms with Gasteiger partial charge in [-0.3, -0.25) is 4.90 Å². The van der Waals surface area contributed by atoms with Crippen LogP contribution >= 0.6 is 0 Å². The maximum Gasteiger partial charge on any atom is 0.408 e. The van der Waals surface area contributed by atoms with Gasteiger partial charge in [-0.1, -0.05) is 20.8 Å². The number of carbonyl (C=O) groups is 1. The first-order chi connectivity index (χ1) is 17.3. The van der Waals surface area contributed by atoms with E-state index in [1.165, 1.54) is 6.20 Å². The van der Waals surface area contributed by atoms with Gasteiger partial charge in [-0.15, -0.1) is 0 Å². The van der Waals surface area contributed by atoms with Gasteiger partial charge in [0, 0.05) is 30.4 Å². The van der Waals surface area contributed by atoms with E-state index in [1.807, 2.05) is 18.2 Å². The first-order valence-corrected chi connectivity index (χ1v) is 12.3. The molecule has 0 spiro atoms. The van der Waals surface area contributed by atoms with E-state index in [0.717, 1.165) is 23.4 Å². The molecule has 37 heavy (non-hydrogen) atoms. The third-order valence-electron chi connectivity index (χ3n) is 7.57. The van der Waals surface area contributed by atoms with Crippen LogP contribution in [0.3, 0.4) is 0 Å². The van der Waals surface area contributed by atoms with Crippen molar-refractivity contribution >= 4 is 17.4 Å². The minimum Gasteiger partial charge on any atom is -0.489 e. The summed E-state index contributed by atoms with van der Waals surface area (Å²) in [4.78, 5) is 20.5. The normalized spacial score (nSPS) is 21.5. The molecule has 0 saturated carbocycles. The molecule has 10 heteroatoms. The SMILES string of the molecule is CC(C)(O)COc1cc(-c2ccc(N3CC4CC(C(C)(C)C)(C3)N4C(=O)O)nc2)c2c(C#N)cnn2c1. The van der Waals surface area contributed by atoms with E-state index in [9.17, 15) is 20.3 Å². The number of pyridine rings is 2. The van der Waals surface area contributed by atoms with Crippen LogP contribution in [0.25, 0.3) is 16.6 Å². The molecule has 3 aliphatic heterocycles. The topological polar surface area (TPSA) is 127 Å². The van der Waals surface area contributed by atoms with Gasteiger partial charge in [0.15, 0.2) is 0 Å². The number of hydrogen-bond acceptors (Lipinski definition) is 7. The van der Waals surface area contributed by atoms with Gasteiger partial charge in [0.05, 0.1) is 40.7 Å². The Morgan fingerprint density at radius 3 is 2.62 bits per heavy atom. The average molecular weight is 505 g/mol. The lowest BCUT2D eigenvalue weighted by Gasteiger charge is -2.68. The Morgan fingerprint density at radius 2 is 2.03 bits per heavy atom. The smallest absolute Gasteiger partial charge is 0.408 e. The second kappa shape index (κ2) is 8.35. The molecule has 3 aromatic rings. The minimum atomic E-state index is -1.00. The Balaban J connectivity index is 1.47. The Labute approximate surface area is 215 Å². The number of anilines is 1. The van der Waals surface area contributed by atoms with Crippen LogP contribution in [0.5, 0.6) is 5.75 Å². The van der Waals surface area contributed by atoms with E-state index in [2.05, 4.69) is 36.8 Å². The summed E-state index contributed by atoms with van der Waals surface area (Å²) in [5.41, 5.74) is 0.937. The highest BCUT2D eigenvalue weighted by Gasteiger charge is 2.64. The van der Waals surface area contributed by atoms with Crippen molar-refractivity contribution in [1.29, 1.82) is 5.26 Å². The standard InChI is InChI=1S/C27H32N6O4/c1-25(2,3)27-9-19(33(27)24(34)35)13-31(15-27)22-7-6-17(11-29-22)21-8-20(37-16-26(4,5)36)14-32-23(21)18(10-28)12-30-32/h6-8,11-12,14,19,36H,9,13,15-16H2,1-5H3,(H,34,35). The van der Waals surface area contributed by atoms with E-state index in [1.54, 1.807) is 35.7 Å². The van der Waals surface area contributed by atoms with Gasteiger partial charge in [-0.05, 0) is 43.9 Å². The molecule has 3 aromatic heterocycles. The van der Waals surface area contributed by atoms with Crippen LogP contribution in [-0.4, -0.2) is 72.7 Å². The molecule has 0 aromatic carbocycles. The second-order valence-electron chi connectivity index (χ2n) is 11.7. The van der Waals surface area contributed by atoms with Crippen LogP contribution in [0, 0.1) is 16.7 Å². The van der Waals surface area contributed by atoms with E-state index < -0.39 is 17.2 Å². The van der Waals surface area contributed by atoms with Gasteiger partial charge >= 0.3 is 6.09 Å². The van der Waals surface area contributed by atoms with Crippen LogP contribution in [0.15, 0.2) is 36.8 Å². The second-order valence-corrected chi connectivity index (χ2v) is 11.7. The lowest BCUT2D eigenvalue weighted by atomic mass is 9.60. The predicted molar refractivity (Wildman–Crippen MR) is 138 cm³/mol. The summed E-state index contributed by atoms with van der Waals surface area (Å²) in [6, 6.07) is 7.85. The van der Waals surface area contributed by atoms with Crippen LogP contribution in [0.1, 0.15) is 46.6 Å². The van der Waals surface area contributed by atoms with Crippen LogP contribution < -0.4 is 9.64 Å². The van der Waals surface area contributed by atoms with Crippen molar-refractivity contribution in [1.82, 2.24) is 19.5 Å². The van der Waals surface area contributed by atoms with Gasteiger partial charge in [0.25, 0.3) is 0 Å². The Morgan fingerprint density at radius 1 is 1.27 bits per heavy atom. The largest absolute Gasteiger partial charge is 0.489 e. The summed E-state index contributed by atoms with van der Waals surface area (Å²) in [7, 11) is 0. The number of piperidine rings is 1. The maximum absolute atomic E-state index is 12.0. The number of piperazine rings is 1. The van der Waals surface area contributed by atoms with E-state index in [-0.39, 0.29) is 18.1 Å². The van der Waals surface area contributed by atoms with E-state index in [4.69, 9.17) is 9.72 Å². The molecule has 3 aliphatic rings. The molecular weight excluding hydrogens is 472 g/mol. The summed E-state index contributed by atoms with van der Waals surface area (Å²) in [5.74, 6) is 1.30. The summed E-state index contributed by atoms with van der Waals surface area (Å²) >= 11 is 0. The van der Waals surface area contributed by atoms with Gasteiger partial charge in [0.1, 0.15) is 24.2 Å². The quantitative estimate of drug-likeness (QED) is 0.538. The fraction of sp³-hybridized carbons (Fsp3) is 0.481. The molecule has 2 bridgehead atoms. The van der Waals surface area contributed by atoms with Gasteiger partial charge in [0.2, 0.25) is 0 Å². The zero-order valence-corrected chi connectivity index (χ0v) is 21.8. The first-order valence-electron chi connectivity index (χ1n) is 12.3. The maximum atomic E-state index is 12.0. The summed E-state index contributed by atoms with van der Waals surface area (Å²) in [5, 5.41) is 33.9. The average Bonchev–Trinajstić information content (AvgIpc) is 3.24. The van der Waals surface area contributed by atoms with E-state index >= 15 is 0 Å². The van der Waals surface area contributed by atoms with Gasteiger partial charge < -0.3 is 19.8 Å². The van der Waals surface area contributed by atoms with Crippen molar-refractivity contribution < 1.29 is 19.7 Å². The molecule has 3 saturated heterocycles. The molecular formula is C27H32N6O4. The third kappa shape index (κ3) is 4.13. The number of aliphatic hydroxyl groups is 1. The molecule has 0 aliphatic carbocycles. The number of amides is 1. The fourth-order valence-electron chi connectivity index (χ4n) is 5.63. The highest BCUT2D eigenvalue weighted by atomic mass is 16.5. The van der Waals surface area contributed by atoms with Crippen LogP contribution in [0.4, 0.5) is 10.6 Å². The molecule has 6 heterocycles. The van der Waals surface area contributed by atoms with Crippen molar-refractivity contribution in [2.75, 3.05) is 24.6 Å². The number of ether oxygens (including phenoxy) is 1. The number of nitrogens with zero attached hydrogens (tertiary/aromatic N) is 6. The fourth-order valence-corrected chi connectivity index (χ4v) is 5.63. The van der Waals surface area contributed by atoms with Crippen molar-refractivity contribution in [2.45, 2.75) is 58.2 Å². The summed E-state index contributed by atoms with van der Waals surface area (Å²) < 4.78 is 7.42. The van der Waals surface area contributed by atoms with Gasteiger partial charge in [-0.2, -0.15) is 10.4 Å². The van der Waals surface area contributed by atoms with Crippen molar-refractivity contribution in [3.63, 3.8) is 0 Å². The van der Waals surface area contributed by atoms with E-state index in [0.29, 0.717) is 29.9 Å². The molecule has 2 unspecified atom stereocenters. The molecule has 10 nitrogen and oxygen atoms in total. The molecule has 1 amide bonds. The molecule has 2 N–H and O–H groups in total. The third-order valence-corrected chi connectivity index (χ3v) is 7.57. The van der Waals surface area contributed by atoms with Crippen molar-refractivity contribution in [3.8, 4) is 22.9 Å². The minimum absolute atomic E-state index is 0.0545. The number of aromatic nitrogens is 3. The number of carboxylic acid groups (broad SMARTS) is 1. The lowest BCUT2D eigenvalue weighted by molar-refractivity contribution is -0.124. The van der Waals surface area contributed by atoms with Crippen molar-refractivity contribution in [3.05, 3.63) is 42.4 Å². The molecule has 3 fully saturated rings. The van der Waals surface area contributed by atoms with Crippen LogP contribution in [-0.2, 0) is 0 Å². The van der Waals surface area contributed by atoms with Gasteiger partial charge in [-0.25, -0.2) is 14.3 Å². The zero-order chi connectivity index (χ0) is 26.8. The zero-order valence-electron chi connectivity index (χ0n) is 21.8. The monoisotopic (exact) mass is 504 g/mol. The first kappa shape index (κ1) is 24.8. The summed E-state index contributed by atoms with van der Waals surface area (Å²) in [6.45, 7) is 10.9. The Kier molecular flexibility index (Phi) is 5.60. The number of hydrogen-bond donors (Lipinski definition) is 2. The Hall–Kier alpha value is -3.84. The highest BCUT2D eigenvalue weighted by molar-refractivity contribution is 5.85. The van der Waals surface area contributed by atoms with Crippen LogP contribution in [0.2, 0.25) is 0 Å². The highest BCUT2D eigenvalue weighted by Crippen LogP contribution is 2.52. The lowest BCUT2D eigenvalue weighted by Crippen LogP contribution is -2.82. The molecule has 194 valence electrons. The Bertz CT molecular complexity index is 1400. The summed E-state index contributed by atoms with van der Waals surface area (Å²) in [6.07, 6.45) is 4.95. The number of fused-ring (bicyclic) bond motifs is 3. The predicted octanol–water partition coefficient (Wildman–Crippen LogP) is 3.77.